The fourth-order valence-corrected chi connectivity index (χ4v) is 4.42. The van der Waals surface area contributed by atoms with Crippen LogP contribution in [-0.4, -0.2) is 28.9 Å². The van der Waals surface area contributed by atoms with Gasteiger partial charge in [-0.2, -0.15) is 0 Å². The molecule has 5 rings (SSSR count). The van der Waals surface area contributed by atoms with Gasteiger partial charge in [0.25, 0.3) is 5.91 Å². The van der Waals surface area contributed by atoms with E-state index in [1.54, 1.807) is 23.7 Å². The first-order valence-electron chi connectivity index (χ1n) is 10.6. The van der Waals surface area contributed by atoms with Crippen LogP contribution in [0.5, 0.6) is 0 Å². The topological polar surface area (TPSA) is 40.9 Å². The highest BCUT2D eigenvalue weighted by molar-refractivity contribution is 6.05. The number of carbonyl (C=O) groups is 1. The number of carbonyl (C=O) groups excluding carboxylic acids is 1. The molecule has 4 aromatic rings. The number of nitrogens with zero attached hydrogens (tertiary/aromatic N) is 4. The Morgan fingerprint density at radius 2 is 1.79 bits per heavy atom. The second kappa shape index (κ2) is 8.27. The van der Waals surface area contributed by atoms with E-state index < -0.39 is 11.6 Å². The first kappa shape index (κ1) is 21.1. The van der Waals surface area contributed by atoms with E-state index in [0.29, 0.717) is 35.6 Å². The van der Waals surface area contributed by atoms with Crippen LogP contribution in [0.25, 0.3) is 5.65 Å². The zero-order valence-corrected chi connectivity index (χ0v) is 17.9. The summed E-state index contributed by atoms with van der Waals surface area (Å²) in [5.74, 6) is -1.59. The molecule has 0 N–H and O–H groups in total. The summed E-state index contributed by atoms with van der Waals surface area (Å²) in [6.45, 7) is 0.680. The third kappa shape index (κ3) is 3.82. The number of aromatic nitrogens is 2. The van der Waals surface area contributed by atoms with E-state index in [1.165, 1.54) is 41.4 Å². The zero-order chi connectivity index (χ0) is 23.1. The molecule has 1 aliphatic rings. The minimum atomic E-state index is -0.472. The first-order valence-corrected chi connectivity index (χ1v) is 10.6. The largest absolute Gasteiger partial charge is 0.363 e. The number of hydrogen-bond acceptors (Lipinski definition) is 3. The van der Waals surface area contributed by atoms with Crippen molar-refractivity contribution in [1.29, 1.82) is 0 Å². The number of benzene rings is 2. The van der Waals surface area contributed by atoms with Crippen molar-refractivity contribution in [2.24, 2.45) is 0 Å². The third-order valence-corrected chi connectivity index (χ3v) is 6.13. The lowest BCUT2D eigenvalue weighted by Gasteiger charge is -2.27. The smallest absolute Gasteiger partial charge is 0.276 e. The fraction of sp³-hybridized carbons (Fsp3) is 0.200. The third-order valence-electron chi connectivity index (χ3n) is 6.13. The second-order valence-electron chi connectivity index (χ2n) is 8.12. The zero-order valence-electron chi connectivity index (χ0n) is 17.9. The summed E-state index contributed by atoms with van der Waals surface area (Å²) in [5.41, 5.74) is 2.58. The molecule has 0 unspecified atom stereocenters. The summed E-state index contributed by atoms with van der Waals surface area (Å²) in [6, 6.07) is 12.5. The van der Waals surface area contributed by atoms with Crippen molar-refractivity contribution in [1.82, 2.24) is 9.38 Å². The summed E-state index contributed by atoms with van der Waals surface area (Å²) in [4.78, 5) is 21.0. The number of anilines is 2. The van der Waals surface area contributed by atoms with Gasteiger partial charge >= 0.3 is 0 Å². The summed E-state index contributed by atoms with van der Waals surface area (Å²) < 4.78 is 43.2. The van der Waals surface area contributed by atoms with Crippen molar-refractivity contribution in [3.8, 4) is 0 Å². The van der Waals surface area contributed by atoms with Crippen LogP contribution in [0.3, 0.4) is 0 Å². The van der Waals surface area contributed by atoms with Gasteiger partial charge in [0.15, 0.2) is 0 Å². The van der Waals surface area contributed by atoms with Crippen molar-refractivity contribution < 1.29 is 18.0 Å². The molecule has 1 aliphatic heterocycles. The Hall–Kier alpha value is -3.81. The minimum Gasteiger partial charge on any atom is -0.363 e. The van der Waals surface area contributed by atoms with Crippen molar-refractivity contribution in [2.75, 3.05) is 23.4 Å². The van der Waals surface area contributed by atoms with E-state index in [2.05, 4.69) is 4.98 Å². The number of halogens is 3. The standard InChI is InChI=1S/C25H21F3N4O/c1-30(18-7-4-16(26)5-8-18)25(33)23-14-29-24-11-9-19(15-32(23)24)31-12-2-3-22(31)20-13-17(27)6-10-21(20)28/h4-11,13-15,22H,2-3,12H2,1H3/t22-/m1/s1. The summed E-state index contributed by atoms with van der Waals surface area (Å²) in [7, 11) is 1.61. The van der Waals surface area contributed by atoms with Crippen LogP contribution in [-0.2, 0) is 0 Å². The van der Waals surface area contributed by atoms with Crippen molar-refractivity contribution >= 4 is 22.9 Å². The van der Waals surface area contributed by atoms with E-state index in [9.17, 15) is 18.0 Å². The monoisotopic (exact) mass is 450 g/mol. The van der Waals surface area contributed by atoms with Gasteiger partial charge in [-0.15, -0.1) is 0 Å². The number of rotatable bonds is 4. The quantitative estimate of drug-likeness (QED) is 0.420. The molecule has 168 valence electrons. The van der Waals surface area contributed by atoms with Gasteiger partial charge in [0, 0.05) is 31.0 Å². The molecule has 8 heteroatoms. The SMILES string of the molecule is CN(C(=O)c1cnc2ccc(N3CCC[C@@H]3c3cc(F)ccc3F)cn12)c1ccc(F)cc1. The Balaban J connectivity index is 1.50. The van der Waals surface area contributed by atoms with Gasteiger partial charge in [0.1, 0.15) is 28.8 Å². The number of pyridine rings is 1. The van der Waals surface area contributed by atoms with E-state index >= 15 is 0 Å². The lowest BCUT2D eigenvalue weighted by molar-refractivity contribution is 0.0987. The summed E-state index contributed by atoms with van der Waals surface area (Å²) >= 11 is 0. The molecule has 5 nitrogen and oxygen atoms in total. The summed E-state index contributed by atoms with van der Waals surface area (Å²) in [6.07, 6.45) is 4.82. The van der Waals surface area contributed by atoms with Crippen molar-refractivity contribution in [3.05, 3.63) is 95.7 Å². The van der Waals surface area contributed by atoms with E-state index in [4.69, 9.17) is 0 Å². The Morgan fingerprint density at radius 3 is 2.58 bits per heavy atom. The summed E-state index contributed by atoms with van der Waals surface area (Å²) in [5, 5.41) is 0. The highest BCUT2D eigenvalue weighted by Gasteiger charge is 2.29. The lowest BCUT2D eigenvalue weighted by Crippen LogP contribution is -2.27. The number of imidazole rings is 1. The van der Waals surface area contributed by atoms with Crippen molar-refractivity contribution in [3.63, 3.8) is 0 Å². The van der Waals surface area contributed by atoms with Gasteiger partial charge in [-0.25, -0.2) is 18.2 Å². The Bertz CT molecular complexity index is 1340. The molecule has 0 bridgehead atoms. The van der Waals surface area contributed by atoms with Crippen molar-refractivity contribution in [2.45, 2.75) is 18.9 Å². The molecule has 2 aromatic carbocycles. The second-order valence-corrected chi connectivity index (χ2v) is 8.12. The molecule has 0 aliphatic carbocycles. The van der Waals surface area contributed by atoms with Gasteiger partial charge in [-0.1, -0.05) is 0 Å². The van der Waals surface area contributed by atoms with E-state index in [1.807, 2.05) is 11.0 Å². The maximum absolute atomic E-state index is 14.5. The molecule has 3 heterocycles. The van der Waals surface area contributed by atoms with Crippen LogP contribution < -0.4 is 9.80 Å². The van der Waals surface area contributed by atoms with Crippen LogP contribution in [0.2, 0.25) is 0 Å². The number of amides is 1. The highest BCUT2D eigenvalue weighted by atomic mass is 19.1. The predicted molar refractivity (Wildman–Crippen MR) is 120 cm³/mol. The minimum absolute atomic E-state index is 0.303. The maximum atomic E-state index is 14.5. The van der Waals surface area contributed by atoms with Gasteiger partial charge in [0.2, 0.25) is 0 Å². The number of hydrogen-bond donors (Lipinski definition) is 0. The molecule has 0 saturated carbocycles. The average molecular weight is 450 g/mol. The maximum Gasteiger partial charge on any atom is 0.276 e. The molecular formula is C25H21F3N4O. The van der Waals surface area contributed by atoms with Crippen LogP contribution >= 0.6 is 0 Å². The predicted octanol–water partition coefficient (Wildman–Crippen LogP) is 5.37. The fourth-order valence-electron chi connectivity index (χ4n) is 4.42. The van der Waals surface area contributed by atoms with Gasteiger partial charge < -0.3 is 9.80 Å². The van der Waals surface area contributed by atoms with E-state index in [0.717, 1.165) is 24.2 Å². The number of fused-ring (bicyclic) bond motifs is 1. The molecule has 0 radical (unpaired) electrons. The molecule has 33 heavy (non-hydrogen) atoms. The van der Waals surface area contributed by atoms with Crippen LogP contribution in [0.15, 0.2) is 67.0 Å². The average Bonchev–Trinajstić information content (AvgIpc) is 3.47. The van der Waals surface area contributed by atoms with E-state index in [-0.39, 0.29) is 17.8 Å². The normalized spacial score (nSPS) is 15.9. The molecule has 1 fully saturated rings. The van der Waals surface area contributed by atoms with Gasteiger partial charge in [-0.05, 0) is 67.4 Å². The molecule has 0 spiro atoms. The van der Waals surface area contributed by atoms with Crippen LogP contribution in [0, 0.1) is 17.5 Å². The Kier molecular flexibility index (Phi) is 5.28. The van der Waals surface area contributed by atoms with Gasteiger partial charge in [0.05, 0.1) is 17.9 Å². The van der Waals surface area contributed by atoms with Crippen LogP contribution in [0.4, 0.5) is 24.5 Å². The Morgan fingerprint density at radius 1 is 1.03 bits per heavy atom. The highest BCUT2D eigenvalue weighted by Crippen LogP contribution is 2.37. The van der Waals surface area contributed by atoms with Crippen LogP contribution in [0.1, 0.15) is 34.9 Å². The molecule has 1 atom stereocenters. The lowest BCUT2D eigenvalue weighted by atomic mass is 10.0. The molecule has 1 amide bonds. The first-order chi connectivity index (χ1) is 15.9. The Labute approximate surface area is 188 Å². The molecule has 2 aromatic heterocycles. The van der Waals surface area contributed by atoms with Gasteiger partial charge in [-0.3, -0.25) is 9.20 Å². The molecule has 1 saturated heterocycles. The molecular weight excluding hydrogens is 429 g/mol.